The van der Waals surface area contributed by atoms with Crippen molar-refractivity contribution in [1.29, 1.82) is 0 Å². The maximum atomic E-state index is 12.4. The molecule has 0 aliphatic carbocycles. The normalized spacial score (nSPS) is 10.9. The van der Waals surface area contributed by atoms with Gasteiger partial charge in [-0.2, -0.15) is 4.73 Å². The summed E-state index contributed by atoms with van der Waals surface area (Å²) in [6, 6.07) is 1.57. The Bertz CT molecular complexity index is 697. The van der Waals surface area contributed by atoms with E-state index < -0.39 is 12.1 Å². The lowest BCUT2D eigenvalue weighted by molar-refractivity contribution is 0.00127. The molecule has 208 valence electrons. The molecule has 9 nitrogen and oxygen atoms in total. The fourth-order valence-corrected chi connectivity index (χ4v) is 3.57. The predicted octanol–water partition coefficient (Wildman–Crippen LogP) is 5.85. The third kappa shape index (κ3) is 15.9. The first-order valence-electron chi connectivity index (χ1n) is 13.2. The third-order valence-corrected chi connectivity index (χ3v) is 5.59. The molecule has 0 radical (unpaired) electrons. The van der Waals surface area contributed by atoms with E-state index in [4.69, 9.17) is 40.1 Å². The molecule has 0 aromatic carbocycles. The van der Waals surface area contributed by atoms with Crippen molar-refractivity contribution >= 4 is 23.7 Å². The molecule has 0 spiro atoms. The average molecular weight is 534 g/mol. The Kier molecular flexibility index (Phi) is 19.8. The maximum absolute atomic E-state index is 12.4. The number of unbranched alkanes of at least 4 members (excludes halogenated alkanes) is 9. The van der Waals surface area contributed by atoms with Crippen LogP contribution in [0.1, 0.15) is 88.5 Å². The fraction of sp³-hybridized carbons (Fsp3) is 0.769. The van der Waals surface area contributed by atoms with Crippen LogP contribution in [0.4, 0.5) is 4.79 Å². The van der Waals surface area contributed by atoms with Gasteiger partial charge in [0, 0.05) is 12.8 Å². The van der Waals surface area contributed by atoms with Gasteiger partial charge in [0.05, 0.1) is 24.8 Å². The Hall–Kier alpha value is -1.97. The van der Waals surface area contributed by atoms with Crippen molar-refractivity contribution in [2.24, 2.45) is 0 Å². The Morgan fingerprint density at radius 1 is 0.722 bits per heavy atom. The summed E-state index contributed by atoms with van der Waals surface area (Å²) in [6.45, 7) is 6.17. The van der Waals surface area contributed by atoms with Gasteiger partial charge in [-0.15, -0.1) is 0 Å². The Labute approximate surface area is 220 Å². The van der Waals surface area contributed by atoms with E-state index in [0.29, 0.717) is 26.4 Å². The van der Waals surface area contributed by atoms with Crippen molar-refractivity contribution in [1.82, 2.24) is 4.73 Å². The van der Waals surface area contributed by atoms with E-state index in [1.54, 1.807) is 12.3 Å². The van der Waals surface area contributed by atoms with Crippen LogP contribution in [0.15, 0.2) is 12.3 Å². The molecule has 0 saturated carbocycles. The monoisotopic (exact) mass is 533 g/mol. The minimum absolute atomic E-state index is 0.0598. The topological polar surface area (TPSA) is 94.5 Å². The van der Waals surface area contributed by atoms with Crippen molar-refractivity contribution in [3.8, 4) is 0 Å². The van der Waals surface area contributed by atoms with Crippen LogP contribution in [0.3, 0.4) is 0 Å². The third-order valence-electron chi connectivity index (χ3n) is 5.28. The largest absolute Gasteiger partial charge is 0.508 e. The second-order valence-electron chi connectivity index (χ2n) is 8.25. The molecule has 0 atom stereocenters. The number of esters is 1. The second kappa shape index (κ2) is 22.2. The number of nitrogens with zero attached hydrogens (tertiary/aromatic N) is 1. The van der Waals surface area contributed by atoms with Gasteiger partial charge in [-0.1, -0.05) is 69.9 Å². The first-order valence-corrected chi connectivity index (χ1v) is 13.6. The molecule has 0 aliphatic heterocycles. The fourth-order valence-electron chi connectivity index (χ4n) is 3.36. The highest BCUT2D eigenvalue weighted by atomic mass is 35.5. The lowest BCUT2D eigenvalue weighted by Crippen LogP contribution is -2.21. The van der Waals surface area contributed by atoms with E-state index in [0.717, 1.165) is 12.8 Å². The van der Waals surface area contributed by atoms with E-state index in [9.17, 15) is 9.59 Å². The predicted molar refractivity (Wildman–Crippen MR) is 138 cm³/mol. The first kappa shape index (κ1) is 32.1. The highest BCUT2D eigenvalue weighted by molar-refractivity contribution is 6.33. The number of hydrogen-bond acceptors (Lipinski definition) is 8. The number of carbonyl (C=O) groups excluding carboxylic acids is 2. The number of hydrogen-bond donors (Lipinski definition) is 0. The smallest absolute Gasteiger partial charge is 0.457 e. The zero-order chi connectivity index (χ0) is 26.3. The van der Waals surface area contributed by atoms with Crippen LogP contribution in [0, 0.1) is 0 Å². The van der Waals surface area contributed by atoms with Crippen molar-refractivity contribution < 1.29 is 38.1 Å². The summed E-state index contributed by atoms with van der Waals surface area (Å²) in [4.78, 5) is 29.6. The first-order chi connectivity index (χ1) is 17.6. The molecule has 0 unspecified atom stereocenters. The van der Waals surface area contributed by atoms with Gasteiger partial charge in [-0.05, 0) is 25.8 Å². The molecule has 0 bridgehead atoms. The molecular weight excluding hydrogens is 490 g/mol. The van der Waals surface area contributed by atoms with Crippen LogP contribution in [0.2, 0.25) is 5.02 Å². The Balaban J connectivity index is 2.13. The summed E-state index contributed by atoms with van der Waals surface area (Å²) in [5, 5.41) is 0.229. The van der Waals surface area contributed by atoms with E-state index in [1.807, 2.05) is 6.92 Å². The molecule has 10 heteroatoms. The number of ether oxygens (including phenoxy) is 5. The molecule has 0 aliphatic rings. The van der Waals surface area contributed by atoms with E-state index >= 15 is 0 Å². The Morgan fingerprint density at radius 2 is 1.28 bits per heavy atom. The molecule has 1 heterocycles. The van der Waals surface area contributed by atoms with Crippen molar-refractivity contribution in [2.75, 3.05) is 52.9 Å². The van der Waals surface area contributed by atoms with Crippen LogP contribution < -0.4 is 4.84 Å². The summed E-state index contributed by atoms with van der Waals surface area (Å²) in [5.74, 6) is -0.660. The summed E-state index contributed by atoms with van der Waals surface area (Å²) >= 11 is 6.13. The van der Waals surface area contributed by atoms with Crippen LogP contribution in [0.5, 0.6) is 0 Å². The Morgan fingerprint density at radius 3 is 1.94 bits per heavy atom. The average Bonchev–Trinajstić information content (AvgIpc) is 3.24. The van der Waals surface area contributed by atoms with Gasteiger partial charge in [-0.3, -0.25) is 0 Å². The van der Waals surface area contributed by atoms with Gasteiger partial charge in [0.1, 0.15) is 26.4 Å². The quantitative estimate of drug-likeness (QED) is 0.128. The van der Waals surface area contributed by atoms with Gasteiger partial charge in [0.15, 0.2) is 5.69 Å². The molecule has 0 fully saturated rings. The summed E-state index contributed by atoms with van der Waals surface area (Å²) < 4.78 is 26.6. The summed E-state index contributed by atoms with van der Waals surface area (Å²) in [5.41, 5.74) is 0.107. The van der Waals surface area contributed by atoms with Crippen molar-refractivity contribution in [2.45, 2.75) is 78.1 Å². The molecule has 36 heavy (non-hydrogen) atoms. The van der Waals surface area contributed by atoms with Crippen molar-refractivity contribution in [3.63, 3.8) is 0 Å². The lowest BCUT2D eigenvalue weighted by atomic mass is 10.1. The van der Waals surface area contributed by atoms with Gasteiger partial charge in [0.25, 0.3) is 0 Å². The standard InChI is InChI=1S/C26H44ClNO8/c1-3-5-6-7-8-9-10-11-12-13-16-36-28-15-14-23(27)24(28)25(29)33-21-22-35-26(30)34-20-19-32-18-17-31-4-2/h14-15H,3-13,16-22H2,1-2H3. The highest BCUT2D eigenvalue weighted by Gasteiger charge is 2.19. The van der Waals surface area contributed by atoms with E-state index in [1.165, 1.54) is 56.1 Å². The zero-order valence-electron chi connectivity index (χ0n) is 22.0. The molecule has 0 amide bonds. The van der Waals surface area contributed by atoms with E-state index in [2.05, 4.69) is 6.92 Å². The highest BCUT2D eigenvalue weighted by Crippen LogP contribution is 2.18. The zero-order valence-corrected chi connectivity index (χ0v) is 22.7. The number of carbonyl (C=O) groups is 2. The second-order valence-corrected chi connectivity index (χ2v) is 8.65. The number of rotatable bonds is 23. The minimum Gasteiger partial charge on any atom is -0.457 e. The van der Waals surface area contributed by atoms with Crippen molar-refractivity contribution in [3.05, 3.63) is 23.0 Å². The molecular formula is C26H44ClNO8. The van der Waals surface area contributed by atoms with Crippen LogP contribution in [-0.2, 0) is 23.7 Å². The molecule has 1 aromatic rings. The van der Waals surface area contributed by atoms with Crippen LogP contribution in [-0.4, -0.2) is 69.7 Å². The van der Waals surface area contributed by atoms with Gasteiger partial charge >= 0.3 is 12.1 Å². The van der Waals surface area contributed by atoms with Gasteiger partial charge in [0.2, 0.25) is 0 Å². The number of aromatic nitrogens is 1. The molecule has 0 N–H and O–H groups in total. The lowest BCUT2D eigenvalue weighted by Gasteiger charge is -2.11. The SMILES string of the molecule is CCCCCCCCCCCCOn1ccc(Cl)c1C(=O)OCCOC(=O)OCCOCCOCC. The maximum Gasteiger partial charge on any atom is 0.508 e. The molecule has 1 rings (SSSR count). The summed E-state index contributed by atoms with van der Waals surface area (Å²) in [6.07, 6.45) is 13.0. The molecule has 0 saturated heterocycles. The van der Waals surface area contributed by atoms with Gasteiger partial charge in [-0.25, -0.2) is 9.59 Å². The van der Waals surface area contributed by atoms with Gasteiger partial charge < -0.3 is 28.5 Å². The minimum atomic E-state index is -0.860. The summed E-state index contributed by atoms with van der Waals surface area (Å²) in [7, 11) is 0. The van der Waals surface area contributed by atoms with Crippen LogP contribution in [0.25, 0.3) is 0 Å². The number of halogens is 1. The van der Waals surface area contributed by atoms with E-state index in [-0.39, 0.29) is 37.1 Å². The van der Waals surface area contributed by atoms with Crippen LogP contribution >= 0.6 is 11.6 Å². The molecule has 1 aromatic heterocycles.